The van der Waals surface area contributed by atoms with Crippen LogP contribution in [0.15, 0.2) is 18.7 Å². The topological polar surface area (TPSA) is 80.5 Å². The molecule has 0 aliphatic heterocycles. The monoisotopic (exact) mass is 259 g/mol. The second-order valence-corrected chi connectivity index (χ2v) is 4.63. The van der Waals surface area contributed by atoms with Crippen molar-refractivity contribution < 1.29 is 0 Å². The van der Waals surface area contributed by atoms with Crippen molar-refractivity contribution in [2.24, 2.45) is 0 Å². The van der Waals surface area contributed by atoms with Gasteiger partial charge >= 0.3 is 0 Å². The fourth-order valence-electron chi connectivity index (χ4n) is 2.29. The molecule has 3 rings (SSSR count). The van der Waals surface area contributed by atoms with Crippen molar-refractivity contribution in [1.82, 2.24) is 24.5 Å². The summed E-state index contributed by atoms with van der Waals surface area (Å²) in [5, 5.41) is 6.34. The van der Waals surface area contributed by atoms with Crippen LogP contribution in [0.3, 0.4) is 0 Å². The third kappa shape index (κ3) is 2.64. The van der Waals surface area contributed by atoms with Crippen molar-refractivity contribution in [2.75, 3.05) is 17.7 Å². The van der Waals surface area contributed by atoms with Gasteiger partial charge in [0.15, 0.2) is 0 Å². The number of rotatable bonds is 4. The molecular weight excluding hydrogens is 242 g/mol. The lowest BCUT2D eigenvalue weighted by molar-refractivity contribution is 0.739. The molecule has 0 amide bonds. The standard InChI is InChI=1S/C12H17N7/c1-13-10-16-11(15-9-4-2-3-5-9)18-12(17-10)19-7-6-14-8-19/h6-9H,2-5H2,1H3,(H2,13,15,16,17,18). The van der Waals surface area contributed by atoms with Crippen LogP contribution in [0, 0.1) is 0 Å². The Balaban J connectivity index is 1.88. The average Bonchev–Trinajstić information content (AvgIpc) is 3.11. The molecule has 7 heteroatoms. The zero-order valence-electron chi connectivity index (χ0n) is 10.9. The van der Waals surface area contributed by atoms with Crippen LogP contribution in [-0.2, 0) is 0 Å². The van der Waals surface area contributed by atoms with Gasteiger partial charge in [-0.1, -0.05) is 12.8 Å². The summed E-state index contributed by atoms with van der Waals surface area (Å²) in [5.41, 5.74) is 0. The Kier molecular flexibility index (Phi) is 3.26. The third-order valence-electron chi connectivity index (χ3n) is 3.27. The molecule has 100 valence electrons. The van der Waals surface area contributed by atoms with Crippen molar-refractivity contribution in [1.29, 1.82) is 0 Å². The van der Waals surface area contributed by atoms with Gasteiger partial charge < -0.3 is 10.6 Å². The Hall–Kier alpha value is -2.18. The first-order chi connectivity index (χ1) is 9.35. The Bertz CT molecular complexity index is 531. The molecule has 0 atom stereocenters. The van der Waals surface area contributed by atoms with E-state index in [-0.39, 0.29) is 0 Å². The molecule has 2 heterocycles. The Labute approximate surface area is 111 Å². The lowest BCUT2D eigenvalue weighted by atomic mass is 10.3. The Morgan fingerprint density at radius 3 is 2.63 bits per heavy atom. The molecule has 0 unspecified atom stereocenters. The van der Waals surface area contributed by atoms with Crippen LogP contribution < -0.4 is 10.6 Å². The summed E-state index contributed by atoms with van der Waals surface area (Å²) in [6.45, 7) is 0. The highest BCUT2D eigenvalue weighted by Gasteiger charge is 2.16. The minimum atomic E-state index is 0.475. The molecule has 0 spiro atoms. The first-order valence-corrected chi connectivity index (χ1v) is 6.54. The van der Waals surface area contributed by atoms with Crippen LogP contribution in [-0.4, -0.2) is 37.6 Å². The van der Waals surface area contributed by atoms with Gasteiger partial charge in [-0.15, -0.1) is 0 Å². The molecule has 2 aromatic heterocycles. The first-order valence-electron chi connectivity index (χ1n) is 6.54. The van der Waals surface area contributed by atoms with E-state index in [2.05, 4.69) is 30.6 Å². The summed E-state index contributed by atoms with van der Waals surface area (Å²) in [6, 6.07) is 0.475. The molecule has 19 heavy (non-hydrogen) atoms. The van der Waals surface area contributed by atoms with E-state index in [0.717, 1.165) is 0 Å². The number of nitrogens with one attached hydrogen (secondary N) is 2. The zero-order chi connectivity index (χ0) is 13.1. The first kappa shape index (κ1) is 11.9. The van der Waals surface area contributed by atoms with Crippen molar-refractivity contribution in [3.05, 3.63) is 18.7 Å². The van der Waals surface area contributed by atoms with Gasteiger partial charge in [-0.3, -0.25) is 4.57 Å². The van der Waals surface area contributed by atoms with Gasteiger partial charge in [0.05, 0.1) is 0 Å². The maximum absolute atomic E-state index is 4.44. The van der Waals surface area contributed by atoms with Crippen LogP contribution in [0.2, 0.25) is 0 Å². The summed E-state index contributed by atoms with van der Waals surface area (Å²) in [6.07, 6.45) is 10.1. The second kappa shape index (κ2) is 5.21. The van der Waals surface area contributed by atoms with E-state index in [1.807, 2.05) is 6.20 Å². The molecule has 1 fully saturated rings. The molecule has 2 N–H and O–H groups in total. The van der Waals surface area contributed by atoms with Gasteiger partial charge in [0.25, 0.3) is 0 Å². The Morgan fingerprint density at radius 1 is 1.16 bits per heavy atom. The molecule has 1 saturated carbocycles. The number of anilines is 2. The van der Waals surface area contributed by atoms with E-state index in [1.54, 1.807) is 24.1 Å². The van der Waals surface area contributed by atoms with Crippen LogP contribution >= 0.6 is 0 Å². The molecule has 0 radical (unpaired) electrons. The largest absolute Gasteiger partial charge is 0.357 e. The van der Waals surface area contributed by atoms with Crippen LogP contribution in [0.5, 0.6) is 0 Å². The van der Waals surface area contributed by atoms with E-state index in [1.165, 1.54) is 25.7 Å². The van der Waals surface area contributed by atoms with Crippen molar-refractivity contribution >= 4 is 11.9 Å². The molecule has 0 saturated heterocycles. The zero-order valence-corrected chi connectivity index (χ0v) is 10.9. The summed E-state index contributed by atoms with van der Waals surface area (Å²) < 4.78 is 1.77. The van der Waals surface area contributed by atoms with Crippen molar-refractivity contribution in [3.8, 4) is 5.95 Å². The quantitative estimate of drug-likeness (QED) is 0.865. The number of nitrogens with zero attached hydrogens (tertiary/aromatic N) is 5. The number of imidazole rings is 1. The van der Waals surface area contributed by atoms with Gasteiger partial charge in [-0.2, -0.15) is 15.0 Å². The average molecular weight is 259 g/mol. The molecule has 1 aliphatic rings. The molecule has 0 aromatic carbocycles. The highest BCUT2D eigenvalue weighted by atomic mass is 15.3. The molecule has 7 nitrogen and oxygen atoms in total. The lowest BCUT2D eigenvalue weighted by Crippen LogP contribution is -2.18. The maximum Gasteiger partial charge on any atom is 0.241 e. The number of aromatic nitrogens is 5. The van der Waals surface area contributed by atoms with Gasteiger partial charge in [-0.25, -0.2) is 4.98 Å². The summed E-state index contributed by atoms with van der Waals surface area (Å²) in [5.74, 6) is 1.74. The molecular formula is C12H17N7. The van der Waals surface area contributed by atoms with Crippen LogP contribution in [0.25, 0.3) is 5.95 Å². The number of hydrogen-bond donors (Lipinski definition) is 2. The fourth-order valence-corrected chi connectivity index (χ4v) is 2.29. The number of hydrogen-bond acceptors (Lipinski definition) is 6. The predicted octanol–water partition coefficient (Wildman–Crippen LogP) is 1.45. The van der Waals surface area contributed by atoms with Gasteiger partial charge in [0, 0.05) is 25.5 Å². The van der Waals surface area contributed by atoms with Crippen LogP contribution in [0.1, 0.15) is 25.7 Å². The third-order valence-corrected chi connectivity index (χ3v) is 3.27. The highest BCUT2D eigenvalue weighted by Crippen LogP contribution is 2.21. The van der Waals surface area contributed by atoms with E-state index in [9.17, 15) is 0 Å². The van der Waals surface area contributed by atoms with Crippen molar-refractivity contribution in [2.45, 2.75) is 31.7 Å². The molecule has 0 bridgehead atoms. The van der Waals surface area contributed by atoms with Crippen molar-refractivity contribution in [3.63, 3.8) is 0 Å². The van der Waals surface area contributed by atoms with E-state index in [4.69, 9.17) is 0 Å². The van der Waals surface area contributed by atoms with Crippen LogP contribution in [0.4, 0.5) is 11.9 Å². The normalized spacial score (nSPS) is 15.6. The highest BCUT2D eigenvalue weighted by molar-refractivity contribution is 5.38. The van der Waals surface area contributed by atoms with Gasteiger partial charge in [0.1, 0.15) is 6.33 Å². The summed E-state index contributed by atoms with van der Waals surface area (Å²) in [7, 11) is 1.80. The maximum atomic E-state index is 4.44. The smallest absolute Gasteiger partial charge is 0.241 e. The summed E-state index contributed by atoms with van der Waals surface area (Å²) >= 11 is 0. The minimum Gasteiger partial charge on any atom is -0.357 e. The van der Waals surface area contributed by atoms with Gasteiger partial charge in [0.2, 0.25) is 17.8 Å². The van der Waals surface area contributed by atoms with E-state index >= 15 is 0 Å². The fraction of sp³-hybridized carbons (Fsp3) is 0.500. The molecule has 2 aromatic rings. The van der Waals surface area contributed by atoms with E-state index < -0.39 is 0 Å². The lowest BCUT2D eigenvalue weighted by Gasteiger charge is -2.13. The minimum absolute atomic E-state index is 0.475. The SMILES string of the molecule is CNc1nc(NC2CCCC2)nc(-n2ccnc2)n1. The summed E-state index contributed by atoms with van der Waals surface area (Å²) in [4.78, 5) is 17.1. The molecule has 1 aliphatic carbocycles. The van der Waals surface area contributed by atoms with Gasteiger partial charge in [-0.05, 0) is 12.8 Å². The van der Waals surface area contributed by atoms with E-state index in [0.29, 0.717) is 23.9 Å². The predicted molar refractivity (Wildman–Crippen MR) is 72.4 cm³/mol. The Morgan fingerprint density at radius 2 is 1.95 bits per heavy atom. The second-order valence-electron chi connectivity index (χ2n) is 4.63.